The molecule has 3 aromatic rings. The van der Waals surface area contributed by atoms with E-state index in [4.69, 9.17) is 4.74 Å². The Balaban J connectivity index is 1.59. The molecular formula is C24H18N2O4S. The molecule has 0 aliphatic rings. The summed E-state index contributed by atoms with van der Waals surface area (Å²) in [5.74, 6) is -1.87. The number of hydrogen-bond acceptors (Lipinski definition) is 6. The van der Waals surface area contributed by atoms with Gasteiger partial charge in [0.1, 0.15) is 6.07 Å². The van der Waals surface area contributed by atoms with E-state index < -0.39 is 24.4 Å². The third kappa shape index (κ3) is 6.29. The first-order valence-corrected chi connectivity index (χ1v) is 10.2. The third-order valence-electron chi connectivity index (χ3n) is 4.16. The first-order valence-electron chi connectivity index (χ1n) is 9.36. The van der Waals surface area contributed by atoms with Crippen LogP contribution in [0.5, 0.6) is 0 Å². The second-order valence-electron chi connectivity index (χ2n) is 6.42. The van der Waals surface area contributed by atoms with Crippen LogP contribution in [0.15, 0.2) is 88.7 Å². The minimum Gasteiger partial charge on any atom is -0.452 e. The number of esters is 1. The highest BCUT2D eigenvalue weighted by molar-refractivity contribution is 7.99. The second-order valence-corrected chi connectivity index (χ2v) is 7.50. The first kappa shape index (κ1) is 21.8. The molecule has 0 bridgehead atoms. The molecule has 0 saturated heterocycles. The van der Waals surface area contributed by atoms with Gasteiger partial charge in [-0.1, -0.05) is 66.4 Å². The van der Waals surface area contributed by atoms with E-state index in [9.17, 15) is 19.6 Å². The zero-order valence-corrected chi connectivity index (χ0v) is 17.2. The van der Waals surface area contributed by atoms with Crippen molar-refractivity contribution in [2.75, 3.05) is 6.61 Å². The van der Waals surface area contributed by atoms with Crippen LogP contribution in [-0.4, -0.2) is 24.4 Å². The lowest BCUT2D eigenvalue weighted by Crippen LogP contribution is -2.35. The van der Waals surface area contributed by atoms with Gasteiger partial charge in [0.2, 0.25) is 5.91 Å². The molecule has 3 aromatic carbocycles. The van der Waals surface area contributed by atoms with Crippen LogP contribution in [0, 0.1) is 11.3 Å². The summed E-state index contributed by atoms with van der Waals surface area (Å²) in [5.41, 5.74) is 1.53. The van der Waals surface area contributed by atoms with Crippen molar-refractivity contribution >= 4 is 29.5 Å². The maximum Gasteiger partial charge on any atom is 0.339 e. The Morgan fingerprint density at radius 2 is 1.48 bits per heavy atom. The zero-order chi connectivity index (χ0) is 22.1. The minimum absolute atomic E-state index is 0.0539. The number of amides is 2. The summed E-state index contributed by atoms with van der Waals surface area (Å²) >= 11 is 1.26. The predicted molar refractivity (Wildman–Crippen MR) is 115 cm³/mol. The van der Waals surface area contributed by atoms with Gasteiger partial charge in [-0.15, -0.1) is 0 Å². The number of imide groups is 1. The summed E-state index contributed by atoms with van der Waals surface area (Å²) in [6, 6.07) is 24.9. The molecule has 31 heavy (non-hydrogen) atoms. The average Bonchev–Trinajstić information content (AvgIpc) is 2.79. The minimum atomic E-state index is -0.700. The first-order chi connectivity index (χ1) is 15.1. The van der Waals surface area contributed by atoms with Crippen LogP contribution in [0.3, 0.4) is 0 Å². The van der Waals surface area contributed by atoms with Gasteiger partial charge in [-0.3, -0.25) is 14.9 Å². The molecule has 0 aliphatic heterocycles. The van der Waals surface area contributed by atoms with Crippen molar-refractivity contribution < 1.29 is 19.1 Å². The maximum atomic E-state index is 12.5. The summed E-state index contributed by atoms with van der Waals surface area (Å²) in [4.78, 5) is 37.8. The molecule has 3 rings (SSSR count). The van der Waals surface area contributed by atoms with Crippen molar-refractivity contribution in [3.8, 4) is 6.07 Å². The Kier molecular flexibility index (Phi) is 7.57. The second kappa shape index (κ2) is 10.8. The fraction of sp³-hybridized carbons (Fsp3) is 0.0833. The number of rotatable bonds is 7. The number of nitrogens with one attached hydrogen (secondary N) is 1. The third-order valence-corrected chi connectivity index (χ3v) is 5.31. The lowest BCUT2D eigenvalue weighted by molar-refractivity contribution is -0.132. The van der Waals surface area contributed by atoms with Gasteiger partial charge in [-0.25, -0.2) is 4.79 Å². The van der Waals surface area contributed by atoms with Crippen LogP contribution in [0.1, 0.15) is 21.5 Å². The van der Waals surface area contributed by atoms with Crippen LogP contribution < -0.4 is 5.32 Å². The van der Waals surface area contributed by atoms with Gasteiger partial charge in [-0.05, 0) is 29.8 Å². The Morgan fingerprint density at radius 1 is 0.839 bits per heavy atom. The number of nitriles is 1. The average molecular weight is 430 g/mol. The lowest BCUT2D eigenvalue weighted by Gasteiger charge is -2.10. The monoisotopic (exact) mass is 430 g/mol. The van der Waals surface area contributed by atoms with Gasteiger partial charge < -0.3 is 4.74 Å². The van der Waals surface area contributed by atoms with Gasteiger partial charge in [-0.2, -0.15) is 5.26 Å². The largest absolute Gasteiger partial charge is 0.452 e. The molecule has 0 atom stereocenters. The smallest absolute Gasteiger partial charge is 0.339 e. The van der Waals surface area contributed by atoms with Crippen LogP contribution in [0.2, 0.25) is 0 Å². The molecule has 0 aromatic heterocycles. The summed E-state index contributed by atoms with van der Waals surface area (Å²) in [6.45, 7) is -0.576. The van der Waals surface area contributed by atoms with E-state index >= 15 is 0 Å². The fourth-order valence-corrected chi connectivity index (χ4v) is 3.73. The van der Waals surface area contributed by atoms with Crippen LogP contribution in [0.25, 0.3) is 0 Å². The van der Waals surface area contributed by atoms with Gasteiger partial charge >= 0.3 is 5.97 Å². The van der Waals surface area contributed by atoms with Gasteiger partial charge in [0, 0.05) is 9.79 Å². The molecule has 0 saturated carbocycles. The zero-order valence-electron chi connectivity index (χ0n) is 16.4. The Hall–Kier alpha value is -3.89. The van der Waals surface area contributed by atoms with Gasteiger partial charge in [0.25, 0.3) is 5.91 Å². The number of ether oxygens (including phenoxy) is 1. The fourth-order valence-electron chi connectivity index (χ4n) is 2.72. The predicted octanol–water partition coefficient (Wildman–Crippen LogP) is 3.75. The van der Waals surface area contributed by atoms with E-state index in [1.165, 1.54) is 11.8 Å². The van der Waals surface area contributed by atoms with E-state index in [0.29, 0.717) is 15.4 Å². The number of carbonyl (C=O) groups is 3. The molecule has 1 N–H and O–H groups in total. The van der Waals surface area contributed by atoms with E-state index in [0.717, 1.165) is 5.56 Å². The summed E-state index contributed by atoms with van der Waals surface area (Å²) in [5, 5.41) is 11.5. The molecule has 7 heteroatoms. The molecule has 0 aliphatic carbocycles. The van der Waals surface area contributed by atoms with E-state index in [-0.39, 0.29) is 12.0 Å². The van der Waals surface area contributed by atoms with Crippen molar-refractivity contribution in [3.05, 3.63) is 95.6 Å². The maximum absolute atomic E-state index is 12.5. The molecule has 0 unspecified atom stereocenters. The molecular weight excluding hydrogens is 412 g/mol. The highest BCUT2D eigenvalue weighted by Gasteiger charge is 2.17. The molecule has 0 spiro atoms. The summed E-state index contributed by atoms with van der Waals surface area (Å²) in [6.07, 6.45) is 0.0539. The number of carbonyl (C=O) groups excluding carboxylic acids is 3. The topological polar surface area (TPSA) is 96.3 Å². The molecule has 0 heterocycles. The molecule has 2 amide bonds. The van der Waals surface area contributed by atoms with Crippen molar-refractivity contribution in [2.45, 2.75) is 16.2 Å². The highest BCUT2D eigenvalue weighted by Crippen LogP contribution is 2.32. The standard InChI is InChI=1S/C24H18N2O4S/c25-15-18-10-4-6-12-20(18)31-21-13-7-5-11-19(21)24(29)30-16-23(28)26-22(27)14-17-8-2-1-3-9-17/h1-13H,14,16H2,(H,26,27,28). The lowest BCUT2D eigenvalue weighted by atomic mass is 10.1. The van der Waals surface area contributed by atoms with Crippen molar-refractivity contribution in [2.24, 2.45) is 0 Å². The Bertz CT molecular complexity index is 1140. The van der Waals surface area contributed by atoms with E-state index in [1.54, 1.807) is 72.8 Å². The molecule has 0 radical (unpaired) electrons. The molecule has 6 nitrogen and oxygen atoms in total. The van der Waals surface area contributed by atoms with Crippen molar-refractivity contribution in [1.82, 2.24) is 5.32 Å². The van der Waals surface area contributed by atoms with Gasteiger partial charge in [0.05, 0.1) is 17.5 Å². The highest BCUT2D eigenvalue weighted by atomic mass is 32.2. The normalized spacial score (nSPS) is 10.0. The number of benzene rings is 3. The Labute approximate surface area is 183 Å². The van der Waals surface area contributed by atoms with Crippen molar-refractivity contribution in [3.63, 3.8) is 0 Å². The van der Waals surface area contributed by atoms with E-state index in [1.807, 2.05) is 6.07 Å². The number of hydrogen-bond donors (Lipinski definition) is 1. The Morgan fingerprint density at radius 3 is 2.23 bits per heavy atom. The quantitative estimate of drug-likeness (QED) is 0.574. The molecule has 154 valence electrons. The SMILES string of the molecule is N#Cc1ccccc1Sc1ccccc1C(=O)OCC(=O)NC(=O)Cc1ccccc1. The van der Waals surface area contributed by atoms with Crippen molar-refractivity contribution in [1.29, 1.82) is 5.26 Å². The van der Waals surface area contributed by atoms with Crippen LogP contribution >= 0.6 is 11.8 Å². The van der Waals surface area contributed by atoms with Crippen LogP contribution in [0.4, 0.5) is 0 Å². The summed E-state index contributed by atoms with van der Waals surface area (Å²) in [7, 11) is 0. The van der Waals surface area contributed by atoms with Crippen LogP contribution in [-0.2, 0) is 20.7 Å². The van der Waals surface area contributed by atoms with E-state index in [2.05, 4.69) is 11.4 Å². The van der Waals surface area contributed by atoms with Gasteiger partial charge in [0.15, 0.2) is 6.61 Å². The number of nitrogens with zero attached hydrogens (tertiary/aromatic N) is 1. The summed E-state index contributed by atoms with van der Waals surface area (Å²) < 4.78 is 5.09. The molecule has 0 fully saturated rings.